The summed E-state index contributed by atoms with van der Waals surface area (Å²) in [7, 11) is 1.71. The van der Waals surface area contributed by atoms with Gasteiger partial charge >= 0.3 is 0 Å². The average Bonchev–Trinajstić information content (AvgIpc) is 3.32. The van der Waals surface area contributed by atoms with Crippen molar-refractivity contribution in [2.75, 3.05) is 13.7 Å². The zero-order valence-corrected chi connectivity index (χ0v) is 16.9. The van der Waals surface area contributed by atoms with Crippen LogP contribution in [0.2, 0.25) is 0 Å². The molecule has 2 heterocycles. The number of rotatable bonds is 5. The van der Waals surface area contributed by atoms with Gasteiger partial charge in [0.05, 0.1) is 13.2 Å². The van der Waals surface area contributed by atoms with E-state index >= 15 is 0 Å². The Balaban J connectivity index is 1.59. The lowest BCUT2D eigenvalue weighted by molar-refractivity contribution is -0.132. The molecule has 4 heteroatoms. The molecule has 4 nitrogen and oxygen atoms in total. The first-order chi connectivity index (χ1) is 13.6. The van der Waals surface area contributed by atoms with E-state index in [9.17, 15) is 4.79 Å². The molecule has 1 amide bonds. The first kappa shape index (κ1) is 18.6. The Bertz CT molecular complexity index is 986. The van der Waals surface area contributed by atoms with Gasteiger partial charge in [-0.15, -0.1) is 0 Å². The minimum Gasteiger partial charge on any atom is -0.496 e. The third kappa shape index (κ3) is 3.28. The second kappa shape index (κ2) is 7.70. The second-order valence-corrected chi connectivity index (χ2v) is 7.67. The maximum absolute atomic E-state index is 13.1. The minimum atomic E-state index is 0.148. The third-order valence-corrected chi connectivity index (χ3v) is 6.04. The summed E-state index contributed by atoms with van der Waals surface area (Å²) < 4.78 is 7.77. The average molecular weight is 377 g/mol. The van der Waals surface area contributed by atoms with E-state index in [-0.39, 0.29) is 11.9 Å². The number of hydrogen-bond donors (Lipinski definition) is 0. The summed E-state index contributed by atoms with van der Waals surface area (Å²) in [5.41, 5.74) is 3.66. The number of carbonyl (C=O) groups excluding carboxylic acids is 1. The molecule has 0 saturated carbocycles. The zero-order valence-electron chi connectivity index (χ0n) is 16.9. The van der Waals surface area contributed by atoms with Crippen molar-refractivity contribution in [3.8, 4) is 5.75 Å². The number of amides is 1. The van der Waals surface area contributed by atoms with Crippen LogP contribution in [0.15, 0.2) is 48.5 Å². The quantitative estimate of drug-likeness (QED) is 0.626. The van der Waals surface area contributed by atoms with Gasteiger partial charge in [-0.3, -0.25) is 4.79 Å². The lowest BCUT2D eigenvalue weighted by Gasteiger charge is -2.27. The topological polar surface area (TPSA) is 34.5 Å². The summed E-state index contributed by atoms with van der Waals surface area (Å²) >= 11 is 0. The predicted molar refractivity (Wildman–Crippen MR) is 113 cm³/mol. The van der Waals surface area contributed by atoms with Crippen LogP contribution in [0.5, 0.6) is 5.75 Å². The van der Waals surface area contributed by atoms with E-state index in [1.54, 1.807) is 7.11 Å². The fourth-order valence-electron chi connectivity index (χ4n) is 4.55. The van der Waals surface area contributed by atoms with Crippen molar-refractivity contribution in [2.45, 2.75) is 45.7 Å². The van der Waals surface area contributed by atoms with Crippen LogP contribution in [0.1, 0.15) is 42.3 Å². The Morgan fingerprint density at radius 2 is 1.75 bits per heavy atom. The number of aryl methyl sites for hydroxylation is 2. The van der Waals surface area contributed by atoms with Crippen LogP contribution in [0.3, 0.4) is 0 Å². The van der Waals surface area contributed by atoms with Gasteiger partial charge in [0.25, 0.3) is 0 Å². The lowest BCUT2D eigenvalue weighted by Crippen LogP contribution is -2.31. The molecule has 1 aliphatic rings. The van der Waals surface area contributed by atoms with Crippen LogP contribution < -0.4 is 4.74 Å². The molecule has 146 valence electrons. The van der Waals surface area contributed by atoms with E-state index in [0.717, 1.165) is 37.1 Å². The second-order valence-electron chi connectivity index (χ2n) is 7.67. The van der Waals surface area contributed by atoms with E-state index in [4.69, 9.17) is 4.74 Å². The van der Waals surface area contributed by atoms with E-state index < -0.39 is 0 Å². The fraction of sp³-hybridized carbons (Fsp3) is 0.375. The van der Waals surface area contributed by atoms with Crippen LogP contribution in [-0.2, 0) is 11.3 Å². The largest absolute Gasteiger partial charge is 0.496 e. The Kier molecular flexibility index (Phi) is 5.12. The number of methoxy groups -OCH3 is 1. The Morgan fingerprint density at radius 1 is 1.04 bits per heavy atom. The maximum atomic E-state index is 13.1. The van der Waals surface area contributed by atoms with Gasteiger partial charge in [-0.2, -0.15) is 0 Å². The number of carbonyl (C=O) groups is 1. The maximum Gasteiger partial charge on any atom is 0.224 e. The molecule has 0 radical (unpaired) electrons. The first-order valence-corrected chi connectivity index (χ1v) is 10.1. The molecule has 0 aliphatic carbocycles. The molecule has 1 aliphatic heterocycles. The highest BCUT2D eigenvalue weighted by Gasteiger charge is 2.31. The lowest BCUT2D eigenvalue weighted by atomic mass is 9.96. The summed E-state index contributed by atoms with van der Waals surface area (Å²) in [6.07, 6.45) is 2.61. The predicted octanol–water partition coefficient (Wildman–Crippen LogP) is 5.02. The molecule has 3 aromatic rings. The molecule has 0 unspecified atom stereocenters. The molecular weight excluding hydrogens is 348 g/mol. The van der Waals surface area contributed by atoms with Gasteiger partial charge in [0, 0.05) is 36.3 Å². The van der Waals surface area contributed by atoms with Crippen molar-refractivity contribution >= 4 is 16.7 Å². The monoisotopic (exact) mass is 376 g/mol. The van der Waals surface area contributed by atoms with Crippen LogP contribution >= 0.6 is 0 Å². The van der Waals surface area contributed by atoms with Crippen molar-refractivity contribution in [2.24, 2.45) is 0 Å². The van der Waals surface area contributed by atoms with E-state index in [1.165, 1.54) is 22.3 Å². The van der Waals surface area contributed by atoms with Crippen LogP contribution in [0, 0.1) is 13.8 Å². The molecule has 0 spiro atoms. The van der Waals surface area contributed by atoms with Gasteiger partial charge < -0.3 is 14.2 Å². The molecule has 1 atom stereocenters. The summed E-state index contributed by atoms with van der Waals surface area (Å²) in [5.74, 6) is 1.13. The van der Waals surface area contributed by atoms with Crippen molar-refractivity contribution in [1.29, 1.82) is 0 Å². The zero-order chi connectivity index (χ0) is 19.7. The molecule has 28 heavy (non-hydrogen) atoms. The number of fused-ring (bicyclic) bond motifs is 1. The van der Waals surface area contributed by atoms with E-state index in [0.29, 0.717) is 6.42 Å². The number of hydrogen-bond acceptors (Lipinski definition) is 2. The molecule has 4 rings (SSSR count). The summed E-state index contributed by atoms with van der Waals surface area (Å²) in [5, 5.41) is 2.30. The summed E-state index contributed by atoms with van der Waals surface area (Å²) in [6.45, 7) is 5.78. The Hall–Kier alpha value is -2.75. The number of benzene rings is 2. The Labute approximate surface area is 166 Å². The molecule has 1 aromatic heterocycles. The molecule has 2 aromatic carbocycles. The number of ether oxygens (including phenoxy) is 1. The molecular formula is C24H28N2O2. The highest BCUT2D eigenvalue weighted by atomic mass is 16.5. The van der Waals surface area contributed by atoms with Gasteiger partial charge in [0.2, 0.25) is 5.91 Å². The van der Waals surface area contributed by atoms with Gasteiger partial charge in [-0.1, -0.05) is 30.3 Å². The third-order valence-electron chi connectivity index (χ3n) is 6.04. The Morgan fingerprint density at radius 3 is 2.46 bits per heavy atom. The van der Waals surface area contributed by atoms with Gasteiger partial charge in [-0.05, 0) is 55.8 Å². The van der Waals surface area contributed by atoms with Gasteiger partial charge in [0.1, 0.15) is 5.75 Å². The van der Waals surface area contributed by atoms with E-state index in [2.05, 4.69) is 59.7 Å². The normalized spacial score (nSPS) is 16.7. The van der Waals surface area contributed by atoms with Crippen molar-refractivity contribution in [3.63, 3.8) is 0 Å². The molecule has 0 bridgehead atoms. The minimum absolute atomic E-state index is 0.148. The SMILES string of the molecule is COc1ccc([C@H]2CCCN2C(=O)CCn2c(C)ccc2C)c2ccccc12. The summed E-state index contributed by atoms with van der Waals surface area (Å²) in [6, 6.07) is 16.9. The molecule has 0 N–H and O–H groups in total. The number of aromatic nitrogens is 1. The molecule has 1 fully saturated rings. The van der Waals surface area contributed by atoms with Crippen LogP contribution in [0.4, 0.5) is 0 Å². The first-order valence-electron chi connectivity index (χ1n) is 10.1. The van der Waals surface area contributed by atoms with Crippen molar-refractivity contribution in [3.05, 3.63) is 65.5 Å². The van der Waals surface area contributed by atoms with E-state index in [1.807, 2.05) is 12.1 Å². The van der Waals surface area contributed by atoms with Crippen LogP contribution in [-0.4, -0.2) is 29.0 Å². The van der Waals surface area contributed by atoms with Crippen LogP contribution in [0.25, 0.3) is 10.8 Å². The van der Waals surface area contributed by atoms with Crippen molar-refractivity contribution < 1.29 is 9.53 Å². The fourth-order valence-corrected chi connectivity index (χ4v) is 4.55. The number of likely N-dealkylation sites (tertiary alicyclic amines) is 1. The highest BCUT2D eigenvalue weighted by molar-refractivity contribution is 5.92. The summed E-state index contributed by atoms with van der Waals surface area (Å²) in [4.78, 5) is 15.2. The number of nitrogens with zero attached hydrogens (tertiary/aromatic N) is 2. The smallest absolute Gasteiger partial charge is 0.224 e. The van der Waals surface area contributed by atoms with Gasteiger partial charge in [0.15, 0.2) is 0 Å². The highest BCUT2D eigenvalue weighted by Crippen LogP contribution is 2.39. The molecule has 1 saturated heterocycles. The van der Waals surface area contributed by atoms with Crippen molar-refractivity contribution in [1.82, 2.24) is 9.47 Å². The standard InChI is InChI=1S/C24H28N2O2/c1-17-10-11-18(2)25(17)16-14-24(27)26-15-6-9-22(26)20-12-13-23(28-3)21-8-5-4-7-19(20)21/h4-5,7-8,10-13,22H,6,9,14-16H2,1-3H3/t22-/m1/s1. The van der Waals surface area contributed by atoms with Gasteiger partial charge in [-0.25, -0.2) is 0 Å².